The Morgan fingerprint density at radius 1 is 1.17 bits per heavy atom. The van der Waals surface area contributed by atoms with Crippen molar-refractivity contribution in [1.82, 2.24) is 15.5 Å². The van der Waals surface area contributed by atoms with E-state index < -0.39 is 27.9 Å². The summed E-state index contributed by atoms with van der Waals surface area (Å²) in [6, 6.07) is 8.21. The van der Waals surface area contributed by atoms with Crippen LogP contribution >= 0.6 is 0 Å². The highest BCUT2D eigenvalue weighted by molar-refractivity contribution is 7.90. The number of nitrogens with one attached hydrogen (secondary N) is 2. The second-order valence-corrected chi connectivity index (χ2v) is 10.3. The second-order valence-electron chi connectivity index (χ2n) is 8.04. The third-order valence-corrected chi connectivity index (χ3v) is 5.97. The van der Waals surface area contributed by atoms with Crippen LogP contribution in [0.5, 0.6) is 0 Å². The van der Waals surface area contributed by atoms with Crippen molar-refractivity contribution in [3.63, 3.8) is 0 Å². The Bertz CT molecular complexity index is 779. The molecule has 0 bridgehead atoms. The van der Waals surface area contributed by atoms with Crippen LogP contribution in [0.1, 0.15) is 31.7 Å². The van der Waals surface area contributed by atoms with Gasteiger partial charge in [0.2, 0.25) is 5.91 Å². The van der Waals surface area contributed by atoms with Crippen LogP contribution in [0.4, 0.5) is 4.79 Å². The number of hydrogen-bond donors (Lipinski definition) is 2. The lowest BCUT2D eigenvalue weighted by molar-refractivity contribution is -0.123. The number of carbonyl (C=O) groups is 2. The lowest BCUT2D eigenvalue weighted by atomic mass is 10.1. The van der Waals surface area contributed by atoms with Crippen LogP contribution in [-0.2, 0) is 26.0 Å². The molecule has 168 valence electrons. The highest BCUT2D eigenvalue weighted by atomic mass is 32.2. The number of rotatable bonds is 11. The van der Waals surface area contributed by atoms with E-state index in [1.165, 1.54) is 12.8 Å². The van der Waals surface area contributed by atoms with Gasteiger partial charge in [-0.05, 0) is 43.8 Å². The zero-order valence-corrected chi connectivity index (χ0v) is 18.6. The SMILES string of the molecule is CC(CNC(=O)C(CCS(C)(=O)=O)NC(=O)OCc1ccccc1)CN1CCCC1. The summed E-state index contributed by atoms with van der Waals surface area (Å²) in [5.41, 5.74) is 0.820. The molecule has 2 N–H and O–H groups in total. The van der Waals surface area contributed by atoms with E-state index in [1.54, 1.807) is 0 Å². The van der Waals surface area contributed by atoms with E-state index in [0.717, 1.165) is 31.5 Å². The molecule has 1 fully saturated rings. The molecule has 2 atom stereocenters. The Balaban J connectivity index is 1.85. The van der Waals surface area contributed by atoms with Gasteiger partial charge >= 0.3 is 6.09 Å². The number of sulfone groups is 1. The molecule has 2 amide bonds. The number of ether oxygens (including phenoxy) is 1. The number of nitrogens with zero attached hydrogens (tertiary/aromatic N) is 1. The molecule has 9 heteroatoms. The molecule has 30 heavy (non-hydrogen) atoms. The molecule has 1 aliphatic heterocycles. The van der Waals surface area contributed by atoms with Crippen molar-refractivity contribution < 1.29 is 22.7 Å². The predicted molar refractivity (Wildman–Crippen MR) is 116 cm³/mol. The van der Waals surface area contributed by atoms with Gasteiger partial charge in [0, 0.05) is 19.3 Å². The van der Waals surface area contributed by atoms with Crippen LogP contribution in [0, 0.1) is 5.92 Å². The van der Waals surface area contributed by atoms with Gasteiger partial charge in [-0.3, -0.25) is 4.79 Å². The largest absolute Gasteiger partial charge is 0.445 e. The fraction of sp³-hybridized carbons (Fsp3) is 0.619. The van der Waals surface area contributed by atoms with E-state index >= 15 is 0 Å². The summed E-state index contributed by atoms with van der Waals surface area (Å²) >= 11 is 0. The van der Waals surface area contributed by atoms with Gasteiger partial charge in [0.25, 0.3) is 0 Å². The van der Waals surface area contributed by atoms with Gasteiger partial charge in [-0.25, -0.2) is 13.2 Å². The highest BCUT2D eigenvalue weighted by Gasteiger charge is 2.24. The maximum atomic E-state index is 12.6. The summed E-state index contributed by atoms with van der Waals surface area (Å²) in [6.07, 6.45) is 2.76. The first-order valence-corrected chi connectivity index (χ1v) is 12.4. The third-order valence-electron chi connectivity index (χ3n) is 4.99. The standard InChI is InChI=1S/C21H33N3O5S/c1-17(15-24-11-6-7-12-24)14-22-20(25)19(10-13-30(2,27)28)23-21(26)29-16-18-8-4-3-5-9-18/h3-5,8-9,17,19H,6-7,10-16H2,1-2H3,(H,22,25)(H,23,26). The molecule has 1 aromatic carbocycles. The zero-order valence-electron chi connectivity index (χ0n) is 17.8. The third kappa shape index (κ3) is 9.58. The smallest absolute Gasteiger partial charge is 0.408 e. The molecule has 0 radical (unpaired) electrons. The molecular formula is C21H33N3O5S. The first-order valence-electron chi connectivity index (χ1n) is 10.4. The van der Waals surface area contributed by atoms with Gasteiger partial charge in [-0.15, -0.1) is 0 Å². The number of benzene rings is 1. The van der Waals surface area contributed by atoms with Gasteiger partial charge in [0.05, 0.1) is 5.75 Å². The summed E-state index contributed by atoms with van der Waals surface area (Å²) in [5.74, 6) is -0.343. The minimum Gasteiger partial charge on any atom is -0.445 e. The Kier molecular flexibility index (Phi) is 9.58. The molecule has 2 rings (SSSR count). The first kappa shape index (κ1) is 24.1. The Morgan fingerprint density at radius 3 is 2.47 bits per heavy atom. The Hall–Kier alpha value is -2.13. The molecule has 1 heterocycles. The molecule has 8 nitrogen and oxygen atoms in total. The fourth-order valence-electron chi connectivity index (χ4n) is 3.38. The summed E-state index contributed by atoms with van der Waals surface area (Å²) in [6.45, 7) is 5.67. The van der Waals surface area contributed by atoms with E-state index in [9.17, 15) is 18.0 Å². The van der Waals surface area contributed by atoms with Crippen LogP contribution in [0.3, 0.4) is 0 Å². The van der Waals surface area contributed by atoms with Crippen LogP contribution in [0.25, 0.3) is 0 Å². The van der Waals surface area contributed by atoms with Crippen LogP contribution in [-0.4, -0.2) is 69.5 Å². The van der Waals surface area contributed by atoms with Gasteiger partial charge in [-0.2, -0.15) is 0 Å². The maximum Gasteiger partial charge on any atom is 0.408 e. The molecule has 0 aromatic heterocycles. The van der Waals surface area contributed by atoms with Crippen molar-refractivity contribution in [3.05, 3.63) is 35.9 Å². The minimum atomic E-state index is -3.27. The van der Waals surface area contributed by atoms with E-state index in [2.05, 4.69) is 22.5 Å². The molecule has 0 saturated carbocycles. The van der Waals surface area contributed by atoms with Gasteiger partial charge in [0.1, 0.15) is 22.5 Å². The molecular weight excluding hydrogens is 406 g/mol. The van der Waals surface area contributed by atoms with E-state index in [4.69, 9.17) is 4.74 Å². The normalized spacial score (nSPS) is 16.6. The summed E-state index contributed by atoms with van der Waals surface area (Å²) in [5, 5.41) is 5.35. The van der Waals surface area contributed by atoms with E-state index in [1.807, 2.05) is 30.3 Å². The van der Waals surface area contributed by atoms with Crippen molar-refractivity contribution in [2.24, 2.45) is 5.92 Å². The Morgan fingerprint density at radius 2 is 1.83 bits per heavy atom. The fourth-order valence-corrected chi connectivity index (χ4v) is 4.04. The monoisotopic (exact) mass is 439 g/mol. The quantitative estimate of drug-likeness (QED) is 0.542. The van der Waals surface area contributed by atoms with Crippen LogP contribution in [0.2, 0.25) is 0 Å². The number of carbonyl (C=O) groups excluding carboxylic acids is 2. The van der Waals surface area contributed by atoms with E-state index in [0.29, 0.717) is 6.54 Å². The van der Waals surface area contributed by atoms with Gasteiger partial charge in [-0.1, -0.05) is 37.3 Å². The average Bonchev–Trinajstić information content (AvgIpc) is 3.20. The summed E-state index contributed by atoms with van der Waals surface area (Å²) < 4.78 is 28.2. The molecule has 1 saturated heterocycles. The lowest BCUT2D eigenvalue weighted by Crippen LogP contribution is -2.49. The number of alkyl carbamates (subject to hydrolysis) is 1. The molecule has 1 aliphatic rings. The average molecular weight is 440 g/mol. The van der Waals surface area contributed by atoms with E-state index in [-0.39, 0.29) is 24.7 Å². The lowest BCUT2D eigenvalue weighted by Gasteiger charge is -2.22. The molecule has 1 aromatic rings. The van der Waals surface area contributed by atoms with Gasteiger partial charge in [0.15, 0.2) is 0 Å². The predicted octanol–water partition coefficient (Wildman–Crippen LogP) is 1.56. The minimum absolute atomic E-state index is 0.00832. The number of hydrogen-bond acceptors (Lipinski definition) is 6. The van der Waals surface area contributed by atoms with Crippen molar-refractivity contribution in [2.45, 2.75) is 38.8 Å². The molecule has 0 spiro atoms. The molecule has 0 aliphatic carbocycles. The Labute approximate surface area is 179 Å². The first-order chi connectivity index (χ1) is 14.2. The topological polar surface area (TPSA) is 105 Å². The number of likely N-dealkylation sites (tertiary alicyclic amines) is 1. The highest BCUT2D eigenvalue weighted by Crippen LogP contribution is 2.10. The van der Waals surface area contributed by atoms with Crippen molar-refractivity contribution in [1.29, 1.82) is 0 Å². The second kappa shape index (κ2) is 11.9. The van der Waals surface area contributed by atoms with Crippen LogP contribution < -0.4 is 10.6 Å². The van der Waals surface area contributed by atoms with Crippen molar-refractivity contribution in [2.75, 3.05) is 38.2 Å². The van der Waals surface area contributed by atoms with Gasteiger partial charge < -0.3 is 20.3 Å². The van der Waals surface area contributed by atoms with Crippen LogP contribution in [0.15, 0.2) is 30.3 Å². The maximum absolute atomic E-state index is 12.6. The van der Waals surface area contributed by atoms with Crippen molar-refractivity contribution >= 4 is 21.8 Å². The zero-order chi connectivity index (χ0) is 22.0. The number of amides is 2. The summed E-state index contributed by atoms with van der Waals surface area (Å²) in [4.78, 5) is 27.1. The van der Waals surface area contributed by atoms with Crippen molar-refractivity contribution in [3.8, 4) is 0 Å². The summed E-state index contributed by atoms with van der Waals surface area (Å²) in [7, 11) is -3.27. The molecule has 2 unspecified atom stereocenters.